The zero-order valence-corrected chi connectivity index (χ0v) is 10.6. The van der Waals surface area contributed by atoms with Crippen LogP contribution in [0.3, 0.4) is 0 Å². The lowest BCUT2D eigenvalue weighted by Crippen LogP contribution is -2.16. The molecule has 2 atom stereocenters. The van der Waals surface area contributed by atoms with E-state index in [1.165, 1.54) is 0 Å². The smallest absolute Gasteiger partial charge is 0.0596 e. The van der Waals surface area contributed by atoms with Gasteiger partial charge >= 0.3 is 0 Å². The van der Waals surface area contributed by atoms with E-state index in [9.17, 15) is 5.11 Å². The van der Waals surface area contributed by atoms with Crippen molar-refractivity contribution in [1.82, 2.24) is 9.78 Å². The molecule has 0 aliphatic rings. The molecule has 1 aromatic rings. The number of rotatable bonds is 6. The average molecular weight is 226 g/mol. The molecule has 0 saturated heterocycles. The van der Waals surface area contributed by atoms with Crippen molar-refractivity contribution in [3.63, 3.8) is 0 Å². The highest BCUT2D eigenvalue weighted by molar-refractivity contribution is 5.09. The number of ether oxygens (including phenoxy) is 1. The second-order valence-corrected chi connectivity index (χ2v) is 4.38. The summed E-state index contributed by atoms with van der Waals surface area (Å²) >= 11 is 0. The van der Waals surface area contributed by atoms with Gasteiger partial charge in [-0.15, -0.1) is 0 Å². The summed E-state index contributed by atoms with van der Waals surface area (Å²) < 4.78 is 6.98. The molecule has 0 aliphatic heterocycles. The molecule has 4 heteroatoms. The van der Waals surface area contributed by atoms with Crippen LogP contribution in [0.1, 0.15) is 31.2 Å². The van der Waals surface area contributed by atoms with E-state index in [2.05, 4.69) is 5.10 Å². The van der Waals surface area contributed by atoms with Gasteiger partial charge in [-0.25, -0.2) is 0 Å². The highest BCUT2D eigenvalue weighted by Crippen LogP contribution is 2.10. The van der Waals surface area contributed by atoms with Gasteiger partial charge in [0.25, 0.3) is 0 Å². The highest BCUT2D eigenvalue weighted by Gasteiger charge is 2.11. The molecule has 4 nitrogen and oxygen atoms in total. The molecule has 0 saturated carbocycles. The van der Waals surface area contributed by atoms with Gasteiger partial charge in [-0.05, 0) is 32.8 Å². The first-order valence-electron chi connectivity index (χ1n) is 5.73. The number of aliphatic hydroxyl groups is 1. The van der Waals surface area contributed by atoms with E-state index in [0.29, 0.717) is 6.42 Å². The molecule has 0 bridgehead atoms. The van der Waals surface area contributed by atoms with Crippen LogP contribution in [0.25, 0.3) is 0 Å². The minimum atomic E-state index is -0.313. The summed E-state index contributed by atoms with van der Waals surface area (Å²) in [4.78, 5) is 0. The number of aromatic nitrogens is 2. The Balaban J connectivity index is 2.39. The molecule has 1 rings (SSSR count). The molecule has 1 heterocycles. The summed E-state index contributed by atoms with van der Waals surface area (Å²) in [6.07, 6.45) is 2.21. The van der Waals surface area contributed by atoms with Gasteiger partial charge in [0.2, 0.25) is 0 Å². The zero-order valence-electron chi connectivity index (χ0n) is 10.6. The molecular formula is C12H22N2O2. The quantitative estimate of drug-likeness (QED) is 0.798. The Bertz CT molecular complexity index is 323. The van der Waals surface area contributed by atoms with Crippen LogP contribution >= 0.6 is 0 Å². The first kappa shape index (κ1) is 13.2. The van der Waals surface area contributed by atoms with Crippen molar-refractivity contribution < 1.29 is 9.84 Å². The third-order valence-corrected chi connectivity index (χ3v) is 2.85. The predicted octanol–water partition coefficient (Wildman–Crippen LogP) is 1.45. The Kier molecular flexibility index (Phi) is 4.96. The Morgan fingerprint density at radius 2 is 2.19 bits per heavy atom. The minimum absolute atomic E-state index is 0.211. The fourth-order valence-electron chi connectivity index (χ4n) is 1.74. The van der Waals surface area contributed by atoms with Crippen molar-refractivity contribution in [3.8, 4) is 0 Å². The van der Waals surface area contributed by atoms with Crippen molar-refractivity contribution >= 4 is 0 Å². The maximum Gasteiger partial charge on any atom is 0.0596 e. The van der Waals surface area contributed by atoms with Crippen LogP contribution in [0, 0.1) is 6.92 Å². The average Bonchev–Trinajstić information content (AvgIpc) is 2.54. The Labute approximate surface area is 97.2 Å². The van der Waals surface area contributed by atoms with Gasteiger partial charge in [-0.1, -0.05) is 0 Å². The maximum atomic E-state index is 9.88. The van der Waals surface area contributed by atoms with Gasteiger partial charge < -0.3 is 9.84 Å². The zero-order chi connectivity index (χ0) is 12.1. The number of hydrogen-bond donors (Lipinski definition) is 1. The molecular weight excluding hydrogens is 204 g/mol. The van der Waals surface area contributed by atoms with Gasteiger partial charge in [-0.3, -0.25) is 4.68 Å². The van der Waals surface area contributed by atoms with E-state index >= 15 is 0 Å². The van der Waals surface area contributed by atoms with E-state index in [1.54, 1.807) is 7.11 Å². The third kappa shape index (κ3) is 3.94. The van der Waals surface area contributed by atoms with Gasteiger partial charge in [0.05, 0.1) is 17.9 Å². The maximum absolute atomic E-state index is 9.88. The van der Waals surface area contributed by atoms with Gasteiger partial charge in [0.15, 0.2) is 0 Å². The van der Waals surface area contributed by atoms with Crippen LogP contribution in [-0.2, 0) is 18.2 Å². The SMILES string of the molecule is COC(C)CCC(O)Cc1cc(C)nn1C. The molecule has 1 aromatic heterocycles. The lowest BCUT2D eigenvalue weighted by molar-refractivity contribution is 0.0846. The summed E-state index contributed by atoms with van der Waals surface area (Å²) in [5.74, 6) is 0. The lowest BCUT2D eigenvalue weighted by Gasteiger charge is -2.13. The van der Waals surface area contributed by atoms with Gasteiger partial charge in [0.1, 0.15) is 0 Å². The topological polar surface area (TPSA) is 47.3 Å². The summed E-state index contributed by atoms with van der Waals surface area (Å²) in [6, 6.07) is 2.02. The molecule has 16 heavy (non-hydrogen) atoms. The monoisotopic (exact) mass is 226 g/mol. The Hall–Kier alpha value is -0.870. The van der Waals surface area contributed by atoms with Crippen LogP contribution in [0.15, 0.2) is 6.07 Å². The van der Waals surface area contributed by atoms with E-state index in [4.69, 9.17) is 4.74 Å². The highest BCUT2D eigenvalue weighted by atomic mass is 16.5. The van der Waals surface area contributed by atoms with E-state index in [0.717, 1.165) is 24.2 Å². The number of hydrogen-bond acceptors (Lipinski definition) is 3. The molecule has 0 radical (unpaired) electrons. The van der Waals surface area contributed by atoms with Crippen LogP contribution in [0.2, 0.25) is 0 Å². The molecule has 0 fully saturated rings. The van der Waals surface area contributed by atoms with Crippen molar-refractivity contribution in [3.05, 3.63) is 17.5 Å². The first-order valence-corrected chi connectivity index (χ1v) is 5.73. The molecule has 0 aromatic carbocycles. The fraction of sp³-hybridized carbons (Fsp3) is 0.750. The summed E-state index contributed by atoms with van der Waals surface area (Å²) in [6.45, 7) is 3.98. The minimum Gasteiger partial charge on any atom is -0.393 e. The molecule has 92 valence electrons. The molecule has 0 aliphatic carbocycles. The largest absolute Gasteiger partial charge is 0.393 e. The number of methoxy groups -OCH3 is 1. The number of aryl methyl sites for hydroxylation is 2. The summed E-state index contributed by atoms with van der Waals surface area (Å²) in [5.41, 5.74) is 2.07. The van der Waals surface area contributed by atoms with Crippen LogP contribution in [-0.4, -0.2) is 34.2 Å². The van der Waals surface area contributed by atoms with E-state index in [-0.39, 0.29) is 12.2 Å². The molecule has 2 unspecified atom stereocenters. The first-order chi connectivity index (χ1) is 7.52. The van der Waals surface area contributed by atoms with Crippen molar-refractivity contribution in [2.24, 2.45) is 7.05 Å². The van der Waals surface area contributed by atoms with Crippen LogP contribution in [0.5, 0.6) is 0 Å². The van der Waals surface area contributed by atoms with Gasteiger partial charge in [0, 0.05) is 26.3 Å². The van der Waals surface area contributed by atoms with Crippen molar-refractivity contribution in [1.29, 1.82) is 0 Å². The Morgan fingerprint density at radius 1 is 1.50 bits per heavy atom. The predicted molar refractivity (Wildman–Crippen MR) is 63.4 cm³/mol. The summed E-state index contributed by atoms with van der Waals surface area (Å²) in [7, 11) is 3.61. The van der Waals surface area contributed by atoms with Crippen LogP contribution in [0.4, 0.5) is 0 Å². The second-order valence-electron chi connectivity index (χ2n) is 4.38. The van der Waals surface area contributed by atoms with Crippen LogP contribution < -0.4 is 0 Å². The number of aliphatic hydroxyl groups excluding tert-OH is 1. The summed E-state index contributed by atoms with van der Waals surface area (Å²) in [5, 5.41) is 14.1. The molecule has 0 amide bonds. The second kappa shape index (κ2) is 6.01. The van der Waals surface area contributed by atoms with E-state index < -0.39 is 0 Å². The third-order valence-electron chi connectivity index (χ3n) is 2.85. The van der Waals surface area contributed by atoms with Gasteiger partial charge in [-0.2, -0.15) is 5.10 Å². The number of nitrogens with zero attached hydrogens (tertiary/aromatic N) is 2. The lowest BCUT2D eigenvalue weighted by atomic mass is 10.1. The molecule has 0 spiro atoms. The van der Waals surface area contributed by atoms with E-state index in [1.807, 2.05) is 31.6 Å². The Morgan fingerprint density at radius 3 is 2.69 bits per heavy atom. The van der Waals surface area contributed by atoms with Crippen molar-refractivity contribution in [2.75, 3.05) is 7.11 Å². The van der Waals surface area contributed by atoms with Crippen molar-refractivity contribution in [2.45, 2.75) is 45.3 Å². The normalized spacial score (nSPS) is 15.1. The standard InChI is InChI=1S/C12H22N2O2/c1-9-7-11(14(3)13-9)8-12(15)6-5-10(2)16-4/h7,10,12,15H,5-6,8H2,1-4H3. The molecule has 1 N–H and O–H groups in total. The fourth-order valence-corrected chi connectivity index (χ4v) is 1.74.